The van der Waals surface area contributed by atoms with Crippen LogP contribution >= 0.6 is 11.6 Å². The van der Waals surface area contributed by atoms with Gasteiger partial charge in [0.05, 0.1) is 17.7 Å². The summed E-state index contributed by atoms with van der Waals surface area (Å²) in [7, 11) is 1.65. The van der Waals surface area contributed by atoms with Crippen LogP contribution in [0, 0.1) is 5.92 Å². The molecular weight excluding hydrogens is 322 g/mol. The molecule has 0 bridgehead atoms. The van der Waals surface area contributed by atoms with Gasteiger partial charge in [0.25, 0.3) is 5.91 Å². The molecule has 0 saturated heterocycles. The van der Waals surface area contributed by atoms with Gasteiger partial charge in [-0.1, -0.05) is 35.9 Å². The number of rotatable bonds is 6. The summed E-state index contributed by atoms with van der Waals surface area (Å²) in [5, 5.41) is 0.505. The fraction of sp³-hybridized carbons (Fsp3) is 0.350. The minimum atomic E-state index is -0.00387. The Balaban J connectivity index is 1.85. The summed E-state index contributed by atoms with van der Waals surface area (Å²) in [6.45, 7) is 2.71. The van der Waals surface area contributed by atoms with E-state index in [1.165, 1.54) is 12.8 Å². The predicted molar refractivity (Wildman–Crippen MR) is 96.5 cm³/mol. The van der Waals surface area contributed by atoms with E-state index in [0.29, 0.717) is 23.0 Å². The summed E-state index contributed by atoms with van der Waals surface area (Å²) in [4.78, 5) is 15.0. The van der Waals surface area contributed by atoms with E-state index >= 15 is 0 Å². The van der Waals surface area contributed by atoms with E-state index in [1.807, 2.05) is 41.3 Å². The highest BCUT2D eigenvalue weighted by atomic mass is 35.5. The maximum atomic E-state index is 13.1. The maximum absolute atomic E-state index is 13.1. The molecule has 3 nitrogen and oxygen atoms in total. The molecule has 0 aliphatic heterocycles. The molecule has 0 N–H and O–H groups in total. The Morgan fingerprint density at radius 3 is 2.46 bits per heavy atom. The zero-order valence-corrected chi connectivity index (χ0v) is 14.8. The van der Waals surface area contributed by atoms with Crippen molar-refractivity contribution in [1.82, 2.24) is 4.90 Å². The van der Waals surface area contributed by atoms with Crippen LogP contribution in [0.25, 0.3) is 0 Å². The van der Waals surface area contributed by atoms with Gasteiger partial charge in [-0.3, -0.25) is 4.79 Å². The Morgan fingerprint density at radius 1 is 1.21 bits per heavy atom. The first kappa shape index (κ1) is 16.8. The quantitative estimate of drug-likeness (QED) is 0.754. The fourth-order valence-electron chi connectivity index (χ4n) is 2.95. The van der Waals surface area contributed by atoms with Gasteiger partial charge in [-0.2, -0.15) is 0 Å². The molecule has 1 saturated carbocycles. The molecule has 3 rings (SSSR count). The van der Waals surface area contributed by atoms with Crippen molar-refractivity contribution in [2.45, 2.75) is 32.4 Å². The summed E-state index contributed by atoms with van der Waals surface area (Å²) in [6.07, 6.45) is 2.38. The van der Waals surface area contributed by atoms with Crippen LogP contribution < -0.4 is 4.74 Å². The number of hydrogen-bond donors (Lipinski definition) is 0. The van der Waals surface area contributed by atoms with Crippen LogP contribution in [-0.4, -0.2) is 24.0 Å². The molecule has 0 radical (unpaired) electrons. The van der Waals surface area contributed by atoms with E-state index in [1.54, 1.807) is 19.2 Å². The molecule has 0 aromatic heterocycles. The Bertz CT molecular complexity index is 710. The molecule has 126 valence electrons. The van der Waals surface area contributed by atoms with Crippen LogP contribution in [0.1, 0.15) is 35.7 Å². The summed E-state index contributed by atoms with van der Waals surface area (Å²) in [5.74, 6) is 1.41. The monoisotopic (exact) mass is 343 g/mol. The first-order valence-electron chi connectivity index (χ1n) is 8.28. The smallest absolute Gasteiger partial charge is 0.255 e. The van der Waals surface area contributed by atoms with Crippen LogP contribution in [0.3, 0.4) is 0 Å². The number of benzene rings is 2. The molecule has 1 amide bonds. The van der Waals surface area contributed by atoms with Gasteiger partial charge >= 0.3 is 0 Å². The van der Waals surface area contributed by atoms with Crippen LogP contribution in [-0.2, 0) is 6.54 Å². The number of ether oxygens (including phenoxy) is 1. The van der Waals surface area contributed by atoms with Gasteiger partial charge in [0.15, 0.2) is 0 Å². The minimum absolute atomic E-state index is 0.00387. The summed E-state index contributed by atoms with van der Waals surface area (Å²) in [6, 6.07) is 15.3. The third kappa shape index (κ3) is 3.73. The molecule has 2 aromatic carbocycles. The Kier molecular flexibility index (Phi) is 5.10. The normalized spacial score (nSPS) is 15.0. The predicted octanol–water partition coefficient (Wildman–Crippen LogP) is 4.79. The van der Waals surface area contributed by atoms with Crippen LogP contribution in [0.5, 0.6) is 5.75 Å². The SMILES string of the molecule is COc1ccc(CN(C(=O)c2ccccc2Cl)C(C)C2CC2)cc1. The van der Waals surface area contributed by atoms with Gasteiger partial charge in [-0.25, -0.2) is 0 Å². The number of nitrogens with zero attached hydrogens (tertiary/aromatic N) is 1. The summed E-state index contributed by atoms with van der Waals surface area (Å²) >= 11 is 6.24. The van der Waals surface area contributed by atoms with E-state index in [9.17, 15) is 4.79 Å². The summed E-state index contributed by atoms with van der Waals surface area (Å²) in [5.41, 5.74) is 1.66. The molecule has 1 aliphatic rings. The highest BCUT2D eigenvalue weighted by Gasteiger charge is 2.35. The standard InChI is InChI=1S/C20H22ClNO2/c1-14(16-9-10-16)22(13-15-7-11-17(24-2)12-8-15)20(23)18-5-3-4-6-19(18)21/h3-8,11-12,14,16H,9-10,13H2,1-2H3. The molecule has 0 heterocycles. The summed E-state index contributed by atoms with van der Waals surface area (Å²) < 4.78 is 5.20. The van der Waals surface area contributed by atoms with Gasteiger partial charge in [0.1, 0.15) is 5.75 Å². The van der Waals surface area contributed by atoms with Crippen molar-refractivity contribution in [3.63, 3.8) is 0 Å². The van der Waals surface area contributed by atoms with Crippen molar-refractivity contribution in [2.24, 2.45) is 5.92 Å². The first-order chi connectivity index (χ1) is 11.6. The first-order valence-corrected chi connectivity index (χ1v) is 8.66. The van der Waals surface area contributed by atoms with Crippen molar-refractivity contribution in [2.75, 3.05) is 7.11 Å². The Morgan fingerprint density at radius 2 is 1.88 bits per heavy atom. The zero-order valence-electron chi connectivity index (χ0n) is 14.0. The fourth-order valence-corrected chi connectivity index (χ4v) is 3.17. The van der Waals surface area contributed by atoms with Crippen molar-refractivity contribution in [3.05, 3.63) is 64.7 Å². The number of carbonyl (C=O) groups is 1. The topological polar surface area (TPSA) is 29.5 Å². The third-order valence-electron chi connectivity index (χ3n) is 4.67. The lowest BCUT2D eigenvalue weighted by Crippen LogP contribution is -2.39. The van der Waals surface area contributed by atoms with Gasteiger partial charge in [-0.15, -0.1) is 0 Å². The molecule has 4 heteroatoms. The number of carbonyl (C=O) groups excluding carboxylic acids is 1. The lowest BCUT2D eigenvalue weighted by Gasteiger charge is -2.30. The van der Waals surface area contributed by atoms with Crippen molar-refractivity contribution >= 4 is 17.5 Å². The largest absolute Gasteiger partial charge is 0.497 e. The van der Waals surface area contributed by atoms with Gasteiger partial charge in [0.2, 0.25) is 0 Å². The van der Waals surface area contributed by atoms with E-state index in [2.05, 4.69) is 6.92 Å². The number of amides is 1. The van der Waals surface area contributed by atoms with Crippen molar-refractivity contribution < 1.29 is 9.53 Å². The second kappa shape index (κ2) is 7.27. The van der Waals surface area contributed by atoms with E-state index in [4.69, 9.17) is 16.3 Å². The molecule has 2 aromatic rings. The second-order valence-corrected chi connectivity index (χ2v) is 6.75. The highest BCUT2D eigenvalue weighted by molar-refractivity contribution is 6.33. The van der Waals surface area contributed by atoms with Crippen molar-refractivity contribution in [1.29, 1.82) is 0 Å². The molecule has 0 spiro atoms. The van der Waals surface area contributed by atoms with Gasteiger partial charge in [0, 0.05) is 12.6 Å². The van der Waals surface area contributed by atoms with Gasteiger partial charge in [-0.05, 0) is 55.5 Å². The van der Waals surface area contributed by atoms with Crippen molar-refractivity contribution in [3.8, 4) is 5.75 Å². The van der Waals surface area contributed by atoms with E-state index in [-0.39, 0.29) is 11.9 Å². The molecule has 1 atom stereocenters. The van der Waals surface area contributed by atoms with E-state index < -0.39 is 0 Å². The lowest BCUT2D eigenvalue weighted by molar-refractivity contribution is 0.0654. The third-order valence-corrected chi connectivity index (χ3v) is 5.00. The average molecular weight is 344 g/mol. The number of hydrogen-bond acceptors (Lipinski definition) is 2. The maximum Gasteiger partial charge on any atom is 0.255 e. The number of halogens is 1. The Labute approximate surface area is 148 Å². The molecule has 24 heavy (non-hydrogen) atoms. The minimum Gasteiger partial charge on any atom is -0.497 e. The average Bonchev–Trinajstić information content (AvgIpc) is 3.44. The van der Waals surface area contributed by atoms with Crippen LogP contribution in [0.4, 0.5) is 0 Å². The molecule has 1 unspecified atom stereocenters. The molecule has 1 aliphatic carbocycles. The molecular formula is C20H22ClNO2. The zero-order chi connectivity index (χ0) is 17.1. The highest BCUT2D eigenvalue weighted by Crippen LogP contribution is 2.36. The van der Waals surface area contributed by atoms with Gasteiger partial charge < -0.3 is 9.64 Å². The number of methoxy groups -OCH3 is 1. The van der Waals surface area contributed by atoms with E-state index in [0.717, 1.165) is 11.3 Å². The Hall–Kier alpha value is -2.00. The van der Waals surface area contributed by atoms with Crippen LogP contribution in [0.15, 0.2) is 48.5 Å². The van der Waals surface area contributed by atoms with Crippen LogP contribution in [0.2, 0.25) is 5.02 Å². The lowest BCUT2D eigenvalue weighted by atomic mass is 10.1. The molecule has 1 fully saturated rings. The second-order valence-electron chi connectivity index (χ2n) is 6.34.